The minimum atomic E-state index is 0. The third-order valence-electron chi connectivity index (χ3n) is 4.21. The van der Waals surface area contributed by atoms with Crippen LogP contribution in [0.25, 0.3) is 0 Å². The van der Waals surface area contributed by atoms with Gasteiger partial charge in [0.2, 0.25) is 5.91 Å². The van der Waals surface area contributed by atoms with E-state index in [1.807, 2.05) is 0 Å². The summed E-state index contributed by atoms with van der Waals surface area (Å²) in [5.74, 6) is 0.540. The summed E-state index contributed by atoms with van der Waals surface area (Å²) in [6.45, 7) is 6.52. The summed E-state index contributed by atoms with van der Waals surface area (Å²) in [6, 6.07) is 0.420. The molecule has 1 aliphatic heterocycles. The number of morpholine rings is 1. The lowest BCUT2D eigenvalue weighted by atomic mass is 10.00. The first-order valence-electron chi connectivity index (χ1n) is 7.50. The quantitative estimate of drug-likeness (QED) is 0.788. The summed E-state index contributed by atoms with van der Waals surface area (Å²) in [5, 5.41) is 3.10. The molecule has 1 saturated heterocycles. The fraction of sp³-hybridized carbons (Fsp3) is 0.929. The lowest BCUT2D eigenvalue weighted by Gasteiger charge is -2.29. The molecule has 0 aromatic heterocycles. The Hall–Kier alpha value is -0.0700. The Kier molecular flexibility index (Phi) is 10.6. The molecule has 126 valence electrons. The highest BCUT2D eigenvalue weighted by atomic mass is 35.5. The van der Waals surface area contributed by atoms with Gasteiger partial charge >= 0.3 is 0 Å². The highest BCUT2D eigenvalue weighted by molar-refractivity contribution is 5.85. The Balaban J connectivity index is 0.00000200. The number of hydrogen-bond donors (Lipinski definition) is 2. The van der Waals surface area contributed by atoms with Gasteiger partial charge in [-0.3, -0.25) is 9.69 Å². The number of nitrogens with zero attached hydrogens (tertiary/aromatic N) is 1. The lowest BCUT2D eigenvalue weighted by Crippen LogP contribution is -2.46. The van der Waals surface area contributed by atoms with Crippen molar-refractivity contribution in [1.82, 2.24) is 10.2 Å². The number of nitrogens with one attached hydrogen (secondary N) is 1. The maximum absolute atomic E-state index is 12.0. The molecule has 0 aromatic carbocycles. The van der Waals surface area contributed by atoms with E-state index in [1.165, 1.54) is 6.42 Å². The average molecular weight is 342 g/mol. The number of carbonyl (C=O) groups is 1. The van der Waals surface area contributed by atoms with Crippen LogP contribution in [-0.2, 0) is 9.53 Å². The molecule has 1 amide bonds. The van der Waals surface area contributed by atoms with Crippen LogP contribution in [0.2, 0.25) is 0 Å². The molecule has 5 nitrogen and oxygen atoms in total. The molecule has 0 spiro atoms. The largest absolute Gasteiger partial charge is 0.379 e. The van der Waals surface area contributed by atoms with Crippen molar-refractivity contribution < 1.29 is 9.53 Å². The summed E-state index contributed by atoms with van der Waals surface area (Å²) < 4.78 is 5.32. The number of halogens is 2. The van der Waals surface area contributed by atoms with E-state index in [-0.39, 0.29) is 42.8 Å². The molecule has 7 heteroatoms. The van der Waals surface area contributed by atoms with Gasteiger partial charge in [0.1, 0.15) is 0 Å². The van der Waals surface area contributed by atoms with Crippen molar-refractivity contribution in [2.75, 3.05) is 32.8 Å². The molecule has 1 saturated carbocycles. The van der Waals surface area contributed by atoms with Gasteiger partial charge in [0.05, 0.1) is 13.2 Å². The van der Waals surface area contributed by atoms with E-state index in [2.05, 4.69) is 17.1 Å². The Labute approximate surface area is 140 Å². The number of carbonyl (C=O) groups excluding carboxylic acids is 1. The van der Waals surface area contributed by atoms with E-state index in [1.54, 1.807) is 0 Å². The predicted molar refractivity (Wildman–Crippen MR) is 89.3 cm³/mol. The predicted octanol–water partition coefficient (Wildman–Crippen LogP) is 1.18. The van der Waals surface area contributed by atoms with Gasteiger partial charge in [-0.15, -0.1) is 24.8 Å². The van der Waals surface area contributed by atoms with Crippen LogP contribution in [0, 0.1) is 5.92 Å². The molecule has 21 heavy (non-hydrogen) atoms. The van der Waals surface area contributed by atoms with Crippen LogP contribution < -0.4 is 11.1 Å². The van der Waals surface area contributed by atoms with Crippen molar-refractivity contribution in [1.29, 1.82) is 0 Å². The molecule has 3 N–H and O–H groups in total. The molecule has 0 bridgehead atoms. The summed E-state index contributed by atoms with van der Waals surface area (Å²) in [5.41, 5.74) is 6.01. The van der Waals surface area contributed by atoms with Gasteiger partial charge in [-0.2, -0.15) is 0 Å². The minimum Gasteiger partial charge on any atom is -0.379 e. The Morgan fingerprint density at radius 2 is 2.00 bits per heavy atom. The van der Waals surface area contributed by atoms with Crippen molar-refractivity contribution in [3.8, 4) is 0 Å². The number of amides is 1. The number of hydrogen-bond acceptors (Lipinski definition) is 4. The normalized spacial score (nSPS) is 27.3. The SMILES string of the molecule is CC(CN1CCOCC1)NC(=O)C[C@@H]1CCC[C@H]1N.Cl.Cl. The summed E-state index contributed by atoms with van der Waals surface area (Å²) >= 11 is 0. The van der Waals surface area contributed by atoms with Crippen LogP contribution >= 0.6 is 24.8 Å². The highest BCUT2D eigenvalue weighted by Crippen LogP contribution is 2.26. The van der Waals surface area contributed by atoms with Crippen LogP contribution in [0.3, 0.4) is 0 Å². The third kappa shape index (κ3) is 7.15. The van der Waals surface area contributed by atoms with E-state index < -0.39 is 0 Å². The molecule has 3 atom stereocenters. The number of nitrogens with two attached hydrogens (primary N) is 1. The second kappa shape index (κ2) is 10.6. The fourth-order valence-corrected chi connectivity index (χ4v) is 3.11. The highest BCUT2D eigenvalue weighted by Gasteiger charge is 2.26. The standard InChI is InChI=1S/C14H27N3O2.2ClH/c1-11(10-17-5-7-19-8-6-17)16-14(18)9-12-3-2-4-13(12)15;;/h11-13H,2-10,15H2,1H3,(H,16,18);2*1H/t11?,12-,13+;;/m0../s1. The van der Waals surface area contributed by atoms with Crippen LogP contribution in [-0.4, -0.2) is 55.7 Å². The lowest BCUT2D eigenvalue weighted by molar-refractivity contribution is -0.122. The van der Waals surface area contributed by atoms with E-state index in [0.29, 0.717) is 12.3 Å². The van der Waals surface area contributed by atoms with Gasteiger partial charge in [0, 0.05) is 38.1 Å². The molecule has 1 heterocycles. The van der Waals surface area contributed by atoms with Gasteiger partial charge in [0.15, 0.2) is 0 Å². The molecule has 1 aliphatic carbocycles. The Morgan fingerprint density at radius 3 is 2.57 bits per heavy atom. The first-order valence-corrected chi connectivity index (χ1v) is 7.50. The zero-order valence-corrected chi connectivity index (χ0v) is 14.4. The smallest absolute Gasteiger partial charge is 0.220 e. The van der Waals surface area contributed by atoms with Gasteiger partial charge in [-0.05, 0) is 25.7 Å². The fourth-order valence-electron chi connectivity index (χ4n) is 3.11. The second-order valence-electron chi connectivity index (χ2n) is 5.94. The van der Waals surface area contributed by atoms with Gasteiger partial charge < -0.3 is 15.8 Å². The van der Waals surface area contributed by atoms with Gasteiger partial charge in [0.25, 0.3) is 0 Å². The molecule has 0 radical (unpaired) electrons. The zero-order valence-electron chi connectivity index (χ0n) is 12.8. The molecule has 1 unspecified atom stereocenters. The molecule has 2 rings (SSSR count). The molecule has 0 aromatic rings. The van der Waals surface area contributed by atoms with E-state index in [9.17, 15) is 4.79 Å². The maximum atomic E-state index is 12.0. The summed E-state index contributed by atoms with van der Waals surface area (Å²) in [4.78, 5) is 14.3. The summed E-state index contributed by atoms with van der Waals surface area (Å²) in [7, 11) is 0. The van der Waals surface area contributed by atoms with Crippen LogP contribution in [0.5, 0.6) is 0 Å². The first kappa shape index (κ1) is 20.9. The second-order valence-corrected chi connectivity index (χ2v) is 5.94. The minimum absolute atomic E-state index is 0. The van der Waals surface area contributed by atoms with E-state index >= 15 is 0 Å². The summed E-state index contributed by atoms with van der Waals surface area (Å²) in [6.07, 6.45) is 3.94. The van der Waals surface area contributed by atoms with Crippen molar-refractivity contribution in [2.45, 2.75) is 44.7 Å². The van der Waals surface area contributed by atoms with Crippen molar-refractivity contribution in [2.24, 2.45) is 11.7 Å². The number of rotatable bonds is 5. The molecular formula is C14H29Cl2N3O2. The molecule has 2 fully saturated rings. The maximum Gasteiger partial charge on any atom is 0.220 e. The first-order chi connectivity index (χ1) is 9.15. The van der Waals surface area contributed by atoms with Crippen molar-refractivity contribution in [3.05, 3.63) is 0 Å². The van der Waals surface area contributed by atoms with Gasteiger partial charge in [-0.25, -0.2) is 0 Å². The van der Waals surface area contributed by atoms with E-state index in [4.69, 9.17) is 10.5 Å². The van der Waals surface area contributed by atoms with Crippen LogP contribution in [0.4, 0.5) is 0 Å². The van der Waals surface area contributed by atoms with Crippen molar-refractivity contribution in [3.63, 3.8) is 0 Å². The average Bonchev–Trinajstić information content (AvgIpc) is 2.76. The third-order valence-corrected chi connectivity index (χ3v) is 4.21. The Morgan fingerprint density at radius 1 is 1.33 bits per heavy atom. The van der Waals surface area contributed by atoms with Crippen LogP contribution in [0.15, 0.2) is 0 Å². The zero-order chi connectivity index (χ0) is 13.7. The topological polar surface area (TPSA) is 67.6 Å². The Bertz CT molecular complexity index is 302. The number of ether oxygens (including phenoxy) is 1. The van der Waals surface area contributed by atoms with Gasteiger partial charge in [-0.1, -0.05) is 6.42 Å². The van der Waals surface area contributed by atoms with E-state index in [0.717, 1.165) is 45.7 Å². The molecular weight excluding hydrogens is 313 g/mol. The molecule has 2 aliphatic rings. The monoisotopic (exact) mass is 341 g/mol. The van der Waals surface area contributed by atoms with Crippen LogP contribution in [0.1, 0.15) is 32.6 Å². The van der Waals surface area contributed by atoms with Crippen molar-refractivity contribution >= 4 is 30.7 Å².